The van der Waals surface area contributed by atoms with Crippen LogP contribution in [0.4, 0.5) is 0 Å². The molecule has 2 aromatic rings. The molecule has 24 heavy (non-hydrogen) atoms. The Morgan fingerprint density at radius 3 is 2.38 bits per heavy atom. The Labute approximate surface area is 138 Å². The molecule has 1 fully saturated rings. The maximum atomic E-state index is 12.5. The van der Waals surface area contributed by atoms with Gasteiger partial charge in [0.25, 0.3) is 5.91 Å². The van der Waals surface area contributed by atoms with Crippen molar-refractivity contribution in [2.24, 2.45) is 0 Å². The summed E-state index contributed by atoms with van der Waals surface area (Å²) in [5.74, 6) is -1.57. The molecule has 1 amide bonds. The maximum Gasteiger partial charge on any atom is 0.335 e. The minimum atomic E-state index is -1.75. The van der Waals surface area contributed by atoms with Crippen LogP contribution in [0.2, 0.25) is 0 Å². The molecule has 1 aromatic carbocycles. The third kappa shape index (κ3) is 3.00. The monoisotopic (exact) mass is 330 g/mol. The number of amides is 1. The highest BCUT2D eigenvalue weighted by molar-refractivity contribution is 5.92. The molecule has 1 aliphatic rings. The summed E-state index contributed by atoms with van der Waals surface area (Å²) >= 11 is 0. The molecule has 2 heterocycles. The van der Waals surface area contributed by atoms with Crippen LogP contribution in [-0.2, 0) is 4.79 Å². The Bertz CT molecular complexity index is 761. The first-order valence-electron chi connectivity index (χ1n) is 7.63. The SMILES string of the molecule is Cc1ccc(-n2cc(C(=O)N3CCC(O)(C(=O)O)CC3)nn2)cc1. The van der Waals surface area contributed by atoms with E-state index >= 15 is 0 Å². The number of hydrogen-bond acceptors (Lipinski definition) is 5. The summed E-state index contributed by atoms with van der Waals surface area (Å²) in [4.78, 5) is 25.0. The molecule has 2 N–H and O–H groups in total. The van der Waals surface area contributed by atoms with Gasteiger partial charge in [0.1, 0.15) is 0 Å². The summed E-state index contributed by atoms with van der Waals surface area (Å²) in [5, 5.41) is 26.8. The van der Waals surface area contributed by atoms with Crippen LogP contribution in [0.3, 0.4) is 0 Å². The number of piperidine rings is 1. The van der Waals surface area contributed by atoms with Gasteiger partial charge in [0, 0.05) is 25.9 Å². The van der Waals surface area contributed by atoms with Gasteiger partial charge in [0.05, 0.1) is 11.9 Å². The number of aromatic nitrogens is 3. The first-order valence-corrected chi connectivity index (χ1v) is 7.63. The van der Waals surface area contributed by atoms with Gasteiger partial charge in [-0.15, -0.1) is 5.10 Å². The number of likely N-dealkylation sites (tertiary alicyclic amines) is 1. The molecule has 8 nitrogen and oxygen atoms in total. The highest BCUT2D eigenvalue weighted by atomic mass is 16.4. The predicted molar refractivity (Wildman–Crippen MR) is 83.8 cm³/mol. The summed E-state index contributed by atoms with van der Waals surface area (Å²) in [5.41, 5.74) is 0.354. The number of aryl methyl sites for hydroxylation is 1. The third-order valence-electron chi connectivity index (χ3n) is 4.29. The number of carboxylic acid groups (broad SMARTS) is 1. The standard InChI is InChI=1S/C16H18N4O4/c1-11-2-4-12(5-3-11)20-10-13(17-18-20)14(21)19-8-6-16(24,7-9-19)15(22)23/h2-5,10,24H,6-9H2,1H3,(H,22,23). The molecule has 0 radical (unpaired) electrons. The summed E-state index contributed by atoms with van der Waals surface area (Å²) < 4.78 is 1.52. The fourth-order valence-electron chi connectivity index (χ4n) is 2.64. The molecule has 126 valence electrons. The van der Waals surface area contributed by atoms with Gasteiger partial charge in [-0.2, -0.15) is 0 Å². The van der Waals surface area contributed by atoms with Gasteiger partial charge in [0.15, 0.2) is 11.3 Å². The number of carbonyl (C=O) groups is 2. The normalized spacial score (nSPS) is 16.8. The van der Waals surface area contributed by atoms with E-state index in [1.165, 1.54) is 9.58 Å². The number of carbonyl (C=O) groups excluding carboxylic acids is 1. The second kappa shape index (κ2) is 6.04. The number of aliphatic carboxylic acids is 1. The van der Waals surface area contributed by atoms with Gasteiger partial charge >= 0.3 is 5.97 Å². The molecule has 1 aliphatic heterocycles. The molecule has 0 unspecified atom stereocenters. The maximum absolute atomic E-state index is 12.5. The lowest BCUT2D eigenvalue weighted by Crippen LogP contribution is -2.50. The van der Waals surface area contributed by atoms with Crippen LogP contribution >= 0.6 is 0 Å². The van der Waals surface area contributed by atoms with Gasteiger partial charge in [-0.25, -0.2) is 9.48 Å². The average molecular weight is 330 g/mol. The smallest absolute Gasteiger partial charge is 0.335 e. The molecule has 0 spiro atoms. The third-order valence-corrected chi connectivity index (χ3v) is 4.29. The van der Waals surface area contributed by atoms with Crippen molar-refractivity contribution in [2.75, 3.05) is 13.1 Å². The Morgan fingerprint density at radius 2 is 1.79 bits per heavy atom. The minimum absolute atomic E-state index is 0.000171. The summed E-state index contributed by atoms with van der Waals surface area (Å²) in [6.45, 7) is 2.31. The fourth-order valence-corrected chi connectivity index (χ4v) is 2.64. The zero-order chi connectivity index (χ0) is 17.3. The topological polar surface area (TPSA) is 109 Å². The molecule has 1 aromatic heterocycles. The lowest BCUT2D eigenvalue weighted by molar-refractivity contribution is -0.162. The van der Waals surface area contributed by atoms with Crippen molar-refractivity contribution in [1.29, 1.82) is 0 Å². The molecule has 0 saturated carbocycles. The van der Waals surface area contributed by atoms with Gasteiger partial charge in [0.2, 0.25) is 0 Å². The van der Waals surface area contributed by atoms with Crippen LogP contribution in [0.15, 0.2) is 30.5 Å². The van der Waals surface area contributed by atoms with E-state index in [4.69, 9.17) is 5.11 Å². The predicted octanol–water partition coefficient (Wildman–Crippen LogP) is 0.627. The minimum Gasteiger partial charge on any atom is -0.479 e. The molecule has 0 atom stereocenters. The second-order valence-corrected chi connectivity index (χ2v) is 6.01. The fraction of sp³-hybridized carbons (Fsp3) is 0.375. The second-order valence-electron chi connectivity index (χ2n) is 6.01. The molecule has 0 aliphatic carbocycles. The van der Waals surface area contributed by atoms with Crippen LogP contribution in [0.25, 0.3) is 5.69 Å². The zero-order valence-corrected chi connectivity index (χ0v) is 13.2. The molecule has 3 rings (SSSR count). The summed E-state index contributed by atoms with van der Waals surface area (Å²) in [6, 6.07) is 7.64. The Morgan fingerprint density at radius 1 is 1.17 bits per heavy atom. The van der Waals surface area contributed by atoms with Crippen LogP contribution in [0.1, 0.15) is 28.9 Å². The van der Waals surface area contributed by atoms with E-state index in [1.54, 1.807) is 6.20 Å². The Hall–Kier alpha value is -2.74. The van der Waals surface area contributed by atoms with Gasteiger partial charge in [-0.1, -0.05) is 22.9 Å². The molecule has 8 heteroatoms. The number of aliphatic hydroxyl groups is 1. The van der Waals surface area contributed by atoms with E-state index in [2.05, 4.69) is 10.3 Å². The van der Waals surface area contributed by atoms with Gasteiger partial charge < -0.3 is 15.1 Å². The largest absolute Gasteiger partial charge is 0.479 e. The average Bonchev–Trinajstić information content (AvgIpc) is 3.05. The number of benzene rings is 1. The van der Waals surface area contributed by atoms with E-state index in [0.717, 1.165) is 11.3 Å². The molecular formula is C16H18N4O4. The van der Waals surface area contributed by atoms with Gasteiger partial charge in [-0.05, 0) is 19.1 Å². The lowest BCUT2D eigenvalue weighted by atomic mass is 9.91. The number of hydrogen-bond donors (Lipinski definition) is 2. The number of nitrogens with zero attached hydrogens (tertiary/aromatic N) is 4. The van der Waals surface area contributed by atoms with Crippen molar-refractivity contribution < 1.29 is 19.8 Å². The van der Waals surface area contributed by atoms with Crippen LogP contribution < -0.4 is 0 Å². The van der Waals surface area contributed by atoms with E-state index in [-0.39, 0.29) is 37.5 Å². The lowest BCUT2D eigenvalue weighted by Gasteiger charge is -2.34. The Kier molecular flexibility index (Phi) is 4.06. The van der Waals surface area contributed by atoms with E-state index in [1.807, 2.05) is 31.2 Å². The highest BCUT2D eigenvalue weighted by Crippen LogP contribution is 2.23. The quantitative estimate of drug-likeness (QED) is 0.854. The number of rotatable bonds is 3. The van der Waals surface area contributed by atoms with Crippen molar-refractivity contribution in [3.8, 4) is 5.69 Å². The molecule has 1 saturated heterocycles. The van der Waals surface area contributed by atoms with Gasteiger partial charge in [-0.3, -0.25) is 4.79 Å². The Balaban J connectivity index is 1.71. The van der Waals surface area contributed by atoms with Crippen molar-refractivity contribution in [3.63, 3.8) is 0 Å². The van der Waals surface area contributed by atoms with Crippen molar-refractivity contribution in [3.05, 3.63) is 41.7 Å². The zero-order valence-electron chi connectivity index (χ0n) is 13.2. The van der Waals surface area contributed by atoms with Crippen LogP contribution in [0.5, 0.6) is 0 Å². The van der Waals surface area contributed by atoms with Crippen molar-refractivity contribution in [2.45, 2.75) is 25.4 Å². The highest BCUT2D eigenvalue weighted by Gasteiger charge is 2.40. The molecular weight excluding hydrogens is 312 g/mol. The van der Waals surface area contributed by atoms with E-state index < -0.39 is 11.6 Å². The summed E-state index contributed by atoms with van der Waals surface area (Å²) in [7, 11) is 0. The first kappa shape index (κ1) is 16.1. The van der Waals surface area contributed by atoms with Crippen LogP contribution in [0, 0.1) is 6.92 Å². The van der Waals surface area contributed by atoms with Crippen LogP contribution in [-0.4, -0.2) is 60.7 Å². The van der Waals surface area contributed by atoms with Crippen molar-refractivity contribution in [1.82, 2.24) is 19.9 Å². The summed E-state index contributed by atoms with van der Waals surface area (Å²) in [6.07, 6.45) is 1.55. The van der Waals surface area contributed by atoms with E-state index in [0.29, 0.717) is 0 Å². The van der Waals surface area contributed by atoms with E-state index in [9.17, 15) is 14.7 Å². The first-order chi connectivity index (χ1) is 11.4. The molecule has 0 bridgehead atoms. The van der Waals surface area contributed by atoms with Crippen molar-refractivity contribution >= 4 is 11.9 Å². The number of carboxylic acids is 1.